The Bertz CT molecular complexity index is 669. The van der Waals surface area contributed by atoms with Gasteiger partial charge < -0.3 is 5.32 Å². The maximum Gasteiger partial charge on any atom is 0.235 e. The van der Waals surface area contributed by atoms with E-state index in [9.17, 15) is 4.79 Å². The van der Waals surface area contributed by atoms with Gasteiger partial charge in [-0.15, -0.1) is 0 Å². The normalized spacial score (nSPS) is 16.1. The van der Waals surface area contributed by atoms with E-state index in [2.05, 4.69) is 10.3 Å². The first-order valence-electron chi connectivity index (χ1n) is 6.79. The SMILES string of the molecule is O=C(Nc1cccnc1)C1(c2ccc(Cl)cc2Cl)CCC1. The van der Waals surface area contributed by atoms with Gasteiger partial charge in [-0.1, -0.05) is 35.7 Å². The topological polar surface area (TPSA) is 42.0 Å². The Labute approximate surface area is 133 Å². The quantitative estimate of drug-likeness (QED) is 0.907. The molecule has 1 heterocycles. The lowest BCUT2D eigenvalue weighted by molar-refractivity contribution is -0.124. The molecule has 5 heteroatoms. The first-order valence-corrected chi connectivity index (χ1v) is 7.54. The lowest BCUT2D eigenvalue weighted by Gasteiger charge is -2.41. The highest BCUT2D eigenvalue weighted by atomic mass is 35.5. The number of hydrogen-bond donors (Lipinski definition) is 1. The van der Waals surface area contributed by atoms with Crippen LogP contribution in [0.1, 0.15) is 24.8 Å². The Morgan fingerprint density at radius 3 is 2.62 bits per heavy atom. The van der Waals surface area contributed by atoms with Crippen molar-refractivity contribution in [1.82, 2.24) is 4.98 Å². The van der Waals surface area contributed by atoms with Crippen LogP contribution in [0.15, 0.2) is 42.7 Å². The summed E-state index contributed by atoms with van der Waals surface area (Å²) in [7, 11) is 0. The average molecular weight is 321 g/mol. The molecule has 0 atom stereocenters. The van der Waals surface area contributed by atoms with Gasteiger partial charge >= 0.3 is 0 Å². The van der Waals surface area contributed by atoms with Gasteiger partial charge in [-0.2, -0.15) is 0 Å². The Morgan fingerprint density at radius 1 is 1.24 bits per heavy atom. The molecule has 1 aliphatic rings. The number of rotatable bonds is 3. The van der Waals surface area contributed by atoms with Gasteiger partial charge in [0.1, 0.15) is 0 Å². The molecule has 0 unspecified atom stereocenters. The zero-order valence-corrected chi connectivity index (χ0v) is 12.8. The smallest absolute Gasteiger partial charge is 0.235 e. The molecule has 1 saturated carbocycles. The summed E-state index contributed by atoms with van der Waals surface area (Å²) < 4.78 is 0. The van der Waals surface area contributed by atoms with Gasteiger partial charge in [-0.3, -0.25) is 9.78 Å². The van der Waals surface area contributed by atoms with Gasteiger partial charge in [0.15, 0.2) is 0 Å². The van der Waals surface area contributed by atoms with Crippen LogP contribution < -0.4 is 5.32 Å². The second-order valence-electron chi connectivity index (χ2n) is 5.26. The third-order valence-electron chi connectivity index (χ3n) is 4.01. The Hall–Kier alpha value is -1.58. The van der Waals surface area contributed by atoms with Crippen LogP contribution in [-0.4, -0.2) is 10.9 Å². The monoisotopic (exact) mass is 320 g/mol. The summed E-state index contributed by atoms with van der Waals surface area (Å²) >= 11 is 12.2. The molecular formula is C16H14Cl2N2O. The molecule has 3 nitrogen and oxygen atoms in total. The molecule has 1 aliphatic carbocycles. The first kappa shape index (κ1) is 14.4. The number of amides is 1. The third kappa shape index (κ3) is 2.63. The Balaban J connectivity index is 1.91. The summed E-state index contributed by atoms with van der Waals surface area (Å²) in [6.45, 7) is 0. The van der Waals surface area contributed by atoms with Crippen molar-refractivity contribution in [3.8, 4) is 0 Å². The first-order chi connectivity index (χ1) is 10.1. The van der Waals surface area contributed by atoms with E-state index in [0.29, 0.717) is 15.7 Å². The fourth-order valence-corrected chi connectivity index (χ4v) is 3.30. The van der Waals surface area contributed by atoms with E-state index >= 15 is 0 Å². The Kier molecular flexibility index (Phi) is 3.87. The standard InChI is InChI=1S/C16H14Cl2N2O/c17-11-4-5-13(14(18)9-11)16(6-2-7-16)15(21)20-12-3-1-8-19-10-12/h1,3-5,8-10H,2,6-7H2,(H,20,21). The molecule has 0 bridgehead atoms. The number of benzene rings is 1. The summed E-state index contributed by atoms with van der Waals surface area (Å²) in [5, 5.41) is 4.05. The molecule has 0 saturated heterocycles. The number of aromatic nitrogens is 1. The van der Waals surface area contributed by atoms with Crippen molar-refractivity contribution in [2.45, 2.75) is 24.7 Å². The number of nitrogens with one attached hydrogen (secondary N) is 1. The van der Waals surface area contributed by atoms with Crippen LogP contribution in [-0.2, 0) is 10.2 Å². The second kappa shape index (κ2) is 5.66. The number of halogens is 2. The maximum atomic E-state index is 12.7. The van der Waals surface area contributed by atoms with E-state index in [-0.39, 0.29) is 5.91 Å². The highest BCUT2D eigenvalue weighted by molar-refractivity contribution is 6.35. The summed E-state index contributed by atoms with van der Waals surface area (Å²) in [6.07, 6.45) is 5.90. The number of nitrogens with zero attached hydrogens (tertiary/aromatic N) is 1. The van der Waals surface area contributed by atoms with Crippen LogP contribution in [0.4, 0.5) is 5.69 Å². The van der Waals surface area contributed by atoms with Gasteiger partial charge in [0.25, 0.3) is 0 Å². The molecule has 108 valence electrons. The highest BCUT2D eigenvalue weighted by Gasteiger charge is 2.46. The van der Waals surface area contributed by atoms with Gasteiger partial charge in [-0.05, 0) is 42.7 Å². The van der Waals surface area contributed by atoms with Crippen molar-refractivity contribution >= 4 is 34.8 Å². The molecule has 0 aliphatic heterocycles. The van der Waals surface area contributed by atoms with Crippen LogP contribution >= 0.6 is 23.2 Å². The minimum atomic E-state index is -0.558. The maximum absolute atomic E-state index is 12.7. The summed E-state index contributed by atoms with van der Waals surface area (Å²) in [6, 6.07) is 8.93. The number of carbonyl (C=O) groups is 1. The van der Waals surface area contributed by atoms with Crippen LogP contribution in [0, 0.1) is 0 Å². The molecule has 1 fully saturated rings. The average Bonchev–Trinajstić information content (AvgIpc) is 2.41. The molecule has 1 N–H and O–H groups in total. The van der Waals surface area contributed by atoms with E-state index in [1.807, 2.05) is 12.1 Å². The van der Waals surface area contributed by atoms with Crippen molar-refractivity contribution in [3.63, 3.8) is 0 Å². The molecule has 21 heavy (non-hydrogen) atoms. The van der Waals surface area contributed by atoms with Gasteiger partial charge in [0, 0.05) is 16.2 Å². The molecule has 1 aromatic heterocycles. The van der Waals surface area contributed by atoms with Crippen LogP contribution in [0.5, 0.6) is 0 Å². The highest BCUT2D eigenvalue weighted by Crippen LogP contribution is 2.47. The fraction of sp³-hybridized carbons (Fsp3) is 0.250. The van der Waals surface area contributed by atoms with Crippen LogP contribution in [0.2, 0.25) is 10.0 Å². The molecule has 1 amide bonds. The largest absolute Gasteiger partial charge is 0.324 e. The number of anilines is 1. The summed E-state index contributed by atoms with van der Waals surface area (Å²) in [5.74, 6) is -0.0361. The van der Waals surface area contributed by atoms with Crippen molar-refractivity contribution in [2.75, 3.05) is 5.32 Å². The molecule has 2 aromatic rings. The van der Waals surface area contributed by atoms with Gasteiger partial charge in [-0.25, -0.2) is 0 Å². The van der Waals surface area contributed by atoms with Crippen molar-refractivity contribution in [3.05, 3.63) is 58.3 Å². The number of pyridine rings is 1. The number of carbonyl (C=O) groups excluding carboxylic acids is 1. The summed E-state index contributed by atoms with van der Waals surface area (Å²) in [4.78, 5) is 16.7. The minimum absolute atomic E-state index is 0.0361. The predicted octanol–water partition coefficient (Wildman–Crippen LogP) is 4.45. The second-order valence-corrected chi connectivity index (χ2v) is 6.10. The molecule has 0 spiro atoms. The minimum Gasteiger partial charge on any atom is -0.324 e. The van der Waals surface area contributed by atoms with Crippen molar-refractivity contribution < 1.29 is 4.79 Å². The lowest BCUT2D eigenvalue weighted by atomic mass is 9.63. The molecule has 1 aromatic carbocycles. The number of hydrogen-bond acceptors (Lipinski definition) is 2. The molecular weight excluding hydrogens is 307 g/mol. The van der Waals surface area contributed by atoms with Crippen molar-refractivity contribution in [2.24, 2.45) is 0 Å². The molecule has 3 rings (SSSR count). The van der Waals surface area contributed by atoms with E-state index in [1.165, 1.54) is 0 Å². The van der Waals surface area contributed by atoms with E-state index < -0.39 is 5.41 Å². The third-order valence-corrected chi connectivity index (χ3v) is 4.56. The predicted molar refractivity (Wildman–Crippen MR) is 84.9 cm³/mol. The van der Waals surface area contributed by atoms with E-state index in [4.69, 9.17) is 23.2 Å². The lowest BCUT2D eigenvalue weighted by Crippen LogP contribution is -2.46. The summed E-state index contributed by atoms with van der Waals surface area (Å²) in [5.41, 5.74) is 0.984. The van der Waals surface area contributed by atoms with Gasteiger partial charge in [0.2, 0.25) is 5.91 Å². The van der Waals surface area contributed by atoms with Crippen LogP contribution in [0.3, 0.4) is 0 Å². The Morgan fingerprint density at radius 2 is 2.05 bits per heavy atom. The van der Waals surface area contributed by atoms with E-state index in [1.54, 1.807) is 30.6 Å². The van der Waals surface area contributed by atoms with Crippen molar-refractivity contribution in [1.29, 1.82) is 0 Å². The van der Waals surface area contributed by atoms with E-state index in [0.717, 1.165) is 24.8 Å². The zero-order valence-electron chi connectivity index (χ0n) is 11.3. The fourth-order valence-electron chi connectivity index (χ4n) is 2.71. The van der Waals surface area contributed by atoms with Gasteiger partial charge in [0.05, 0.1) is 17.3 Å². The molecule has 0 radical (unpaired) electrons. The zero-order chi connectivity index (χ0) is 14.9. The van der Waals surface area contributed by atoms with Crippen LogP contribution in [0.25, 0.3) is 0 Å².